The quantitative estimate of drug-likeness (QED) is 0.522. The third kappa shape index (κ3) is 3.20. The van der Waals surface area contributed by atoms with E-state index in [2.05, 4.69) is 15.1 Å². The van der Waals surface area contributed by atoms with Crippen LogP contribution in [0.5, 0.6) is 0 Å². The summed E-state index contributed by atoms with van der Waals surface area (Å²) in [6, 6.07) is 7.55. The fourth-order valence-electron chi connectivity index (χ4n) is 3.48. The average molecular weight is 364 g/mol. The first-order valence-electron chi connectivity index (χ1n) is 9.00. The molecule has 1 aliphatic rings. The first-order chi connectivity index (χ1) is 12.9. The highest BCUT2D eigenvalue weighted by Gasteiger charge is 2.24. The Balaban J connectivity index is 1.52. The molecule has 0 radical (unpaired) electrons. The minimum absolute atomic E-state index is 0.107. The Morgan fingerprint density at radius 3 is 2.70 bits per heavy atom. The highest BCUT2D eigenvalue weighted by atomic mass is 16.5. The van der Waals surface area contributed by atoms with Crippen molar-refractivity contribution in [1.29, 1.82) is 0 Å². The molecule has 2 aromatic heterocycles. The number of fused-ring (bicyclic) bond motifs is 2. The molecule has 0 unspecified atom stereocenters. The highest BCUT2D eigenvalue weighted by molar-refractivity contribution is 6.01. The normalized spacial score (nSPS) is 14.2. The molecule has 1 aromatic carbocycles. The summed E-state index contributed by atoms with van der Waals surface area (Å²) in [5, 5.41) is 4.14. The second-order valence-corrected chi connectivity index (χ2v) is 6.93. The van der Waals surface area contributed by atoms with Crippen LogP contribution in [0.3, 0.4) is 0 Å². The first-order valence-corrected chi connectivity index (χ1v) is 9.00. The number of rotatable bonds is 4. The Bertz CT molecular complexity index is 1070. The Kier molecular flexibility index (Phi) is 4.22. The van der Waals surface area contributed by atoms with Gasteiger partial charge in [0.15, 0.2) is 6.10 Å². The van der Waals surface area contributed by atoms with E-state index in [0.29, 0.717) is 11.3 Å². The van der Waals surface area contributed by atoms with Gasteiger partial charge in [0.2, 0.25) is 5.78 Å². The summed E-state index contributed by atoms with van der Waals surface area (Å²) in [5.74, 6) is -0.742. The van der Waals surface area contributed by atoms with E-state index in [0.717, 1.165) is 30.7 Å². The first kappa shape index (κ1) is 17.3. The fourth-order valence-corrected chi connectivity index (χ4v) is 3.48. The molecule has 0 spiro atoms. The zero-order valence-electron chi connectivity index (χ0n) is 15.5. The van der Waals surface area contributed by atoms with Crippen LogP contribution in [0.2, 0.25) is 0 Å². The molecule has 0 fully saturated rings. The van der Waals surface area contributed by atoms with Crippen molar-refractivity contribution in [3.63, 3.8) is 0 Å². The van der Waals surface area contributed by atoms with Gasteiger partial charge in [-0.25, -0.2) is 14.3 Å². The molecule has 7 nitrogen and oxygen atoms in total. The minimum atomic E-state index is -0.917. The highest BCUT2D eigenvalue weighted by Crippen LogP contribution is 2.23. The zero-order chi connectivity index (χ0) is 19.1. The number of aryl methyl sites for hydroxylation is 4. The number of hydrogen-bond acceptors (Lipinski definition) is 6. The predicted octanol–water partition coefficient (Wildman–Crippen LogP) is 2.66. The number of benzene rings is 1. The van der Waals surface area contributed by atoms with E-state index >= 15 is 0 Å². The van der Waals surface area contributed by atoms with Gasteiger partial charge in [-0.15, -0.1) is 5.10 Å². The Hall–Kier alpha value is -3.09. The molecular formula is C20H20N4O3. The van der Waals surface area contributed by atoms with Crippen LogP contribution in [0, 0.1) is 13.8 Å². The molecule has 2 heterocycles. The second-order valence-electron chi connectivity index (χ2n) is 6.93. The van der Waals surface area contributed by atoms with Gasteiger partial charge < -0.3 is 4.74 Å². The molecule has 0 bridgehead atoms. The van der Waals surface area contributed by atoms with Crippen molar-refractivity contribution < 1.29 is 14.3 Å². The summed E-state index contributed by atoms with van der Waals surface area (Å²) >= 11 is 0. The maximum atomic E-state index is 12.6. The van der Waals surface area contributed by atoms with Gasteiger partial charge in [-0.3, -0.25) is 4.79 Å². The van der Waals surface area contributed by atoms with Gasteiger partial charge in [-0.1, -0.05) is 12.1 Å². The molecule has 7 heteroatoms. The summed E-state index contributed by atoms with van der Waals surface area (Å²) in [6.07, 6.45) is 2.24. The van der Waals surface area contributed by atoms with Crippen LogP contribution in [0.1, 0.15) is 56.8 Å². The molecule has 0 aliphatic heterocycles. The second kappa shape index (κ2) is 6.57. The van der Waals surface area contributed by atoms with Gasteiger partial charge >= 0.3 is 5.97 Å². The molecule has 138 valence electrons. The van der Waals surface area contributed by atoms with Gasteiger partial charge in [-0.2, -0.15) is 4.98 Å². The van der Waals surface area contributed by atoms with Gasteiger partial charge in [0.1, 0.15) is 0 Å². The summed E-state index contributed by atoms with van der Waals surface area (Å²) in [7, 11) is 0. The van der Waals surface area contributed by atoms with E-state index in [9.17, 15) is 9.59 Å². The zero-order valence-corrected chi connectivity index (χ0v) is 15.5. The Morgan fingerprint density at radius 1 is 1.11 bits per heavy atom. The molecule has 3 aromatic rings. The summed E-state index contributed by atoms with van der Waals surface area (Å²) in [6.45, 7) is 5.26. The molecule has 0 amide bonds. The van der Waals surface area contributed by atoms with Crippen LogP contribution in [-0.2, 0) is 17.6 Å². The van der Waals surface area contributed by atoms with Crippen LogP contribution in [0.15, 0.2) is 24.3 Å². The van der Waals surface area contributed by atoms with Crippen molar-refractivity contribution in [3.8, 4) is 0 Å². The molecule has 27 heavy (non-hydrogen) atoms. The maximum Gasteiger partial charge on any atom is 0.379 e. The summed E-state index contributed by atoms with van der Waals surface area (Å²) in [5.41, 5.74) is 4.66. The number of carbonyl (C=O) groups excluding carboxylic acids is 2. The number of Topliss-reactive ketones (excluding diaryl/α,β-unsaturated/α-hetero) is 1. The van der Waals surface area contributed by atoms with Crippen LogP contribution < -0.4 is 0 Å². The topological polar surface area (TPSA) is 86.5 Å². The van der Waals surface area contributed by atoms with Crippen molar-refractivity contribution in [3.05, 3.63) is 58.2 Å². The lowest BCUT2D eigenvalue weighted by molar-refractivity contribution is 0.0307. The van der Waals surface area contributed by atoms with E-state index in [1.807, 2.05) is 32.0 Å². The lowest BCUT2D eigenvalue weighted by Crippen LogP contribution is -2.25. The Morgan fingerprint density at radius 2 is 1.89 bits per heavy atom. The van der Waals surface area contributed by atoms with Crippen molar-refractivity contribution >= 4 is 17.5 Å². The number of hydrogen-bond donors (Lipinski definition) is 0. The maximum absolute atomic E-state index is 12.6. The van der Waals surface area contributed by atoms with E-state index < -0.39 is 12.1 Å². The summed E-state index contributed by atoms with van der Waals surface area (Å²) in [4.78, 5) is 33.4. The van der Waals surface area contributed by atoms with Gasteiger partial charge in [0.25, 0.3) is 11.6 Å². The van der Waals surface area contributed by atoms with Gasteiger partial charge in [0.05, 0.1) is 0 Å². The monoisotopic (exact) mass is 364 g/mol. The summed E-state index contributed by atoms with van der Waals surface area (Å²) < 4.78 is 6.80. The van der Waals surface area contributed by atoms with E-state index in [1.165, 1.54) is 15.6 Å². The largest absolute Gasteiger partial charge is 0.448 e. The number of esters is 1. The van der Waals surface area contributed by atoms with Crippen molar-refractivity contribution in [2.45, 2.75) is 46.1 Å². The molecule has 0 N–H and O–H groups in total. The number of nitrogens with zero attached hydrogens (tertiary/aromatic N) is 4. The standard InChI is InChI=1S/C20H20N4O3/c1-11-9-12(2)24-20(21-11)22-18(23-24)19(26)27-13(3)17(25)16-8-7-14-5-4-6-15(14)10-16/h7-10,13H,4-6H2,1-3H3/t13-/m1/s1. The van der Waals surface area contributed by atoms with E-state index in [1.54, 1.807) is 13.0 Å². The molecule has 0 saturated carbocycles. The lowest BCUT2D eigenvalue weighted by Gasteiger charge is -2.12. The molecule has 0 saturated heterocycles. The van der Waals surface area contributed by atoms with Crippen LogP contribution in [0.4, 0.5) is 0 Å². The van der Waals surface area contributed by atoms with Crippen LogP contribution in [-0.4, -0.2) is 37.4 Å². The molecule has 4 rings (SSSR count). The van der Waals surface area contributed by atoms with Crippen molar-refractivity contribution in [2.24, 2.45) is 0 Å². The number of aromatic nitrogens is 4. The number of ketones is 1. The Labute approximate surface area is 156 Å². The number of ether oxygens (including phenoxy) is 1. The SMILES string of the molecule is Cc1cc(C)n2nc(C(=O)O[C@H](C)C(=O)c3ccc4c(c3)CCC4)nc2n1. The van der Waals surface area contributed by atoms with Crippen molar-refractivity contribution in [1.82, 2.24) is 19.6 Å². The third-order valence-electron chi connectivity index (χ3n) is 4.84. The smallest absolute Gasteiger partial charge is 0.379 e. The predicted molar refractivity (Wildman–Crippen MR) is 97.9 cm³/mol. The fraction of sp³-hybridized carbons (Fsp3) is 0.350. The lowest BCUT2D eigenvalue weighted by atomic mass is 10.0. The van der Waals surface area contributed by atoms with E-state index in [-0.39, 0.29) is 11.6 Å². The molecule has 1 atom stereocenters. The van der Waals surface area contributed by atoms with Crippen LogP contribution >= 0.6 is 0 Å². The molecule has 1 aliphatic carbocycles. The van der Waals surface area contributed by atoms with Crippen LogP contribution in [0.25, 0.3) is 5.78 Å². The average Bonchev–Trinajstić information content (AvgIpc) is 3.26. The minimum Gasteiger partial charge on any atom is -0.448 e. The molecular weight excluding hydrogens is 344 g/mol. The van der Waals surface area contributed by atoms with Gasteiger partial charge in [-0.05, 0) is 63.3 Å². The number of carbonyl (C=O) groups is 2. The van der Waals surface area contributed by atoms with Crippen molar-refractivity contribution in [2.75, 3.05) is 0 Å². The van der Waals surface area contributed by atoms with Gasteiger partial charge in [0, 0.05) is 17.0 Å². The third-order valence-corrected chi connectivity index (χ3v) is 4.84. The van der Waals surface area contributed by atoms with E-state index in [4.69, 9.17) is 4.74 Å².